The molecule has 0 amide bonds. The van der Waals surface area contributed by atoms with Gasteiger partial charge in [-0.1, -0.05) is 48.5 Å². The highest BCUT2D eigenvalue weighted by molar-refractivity contribution is 7.90. The van der Waals surface area contributed by atoms with Gasteiger partial charge in [0, 0.05) is 11.8 Å². The molecule has 0 fully saturated rings. The van der Waals surface area contributed by atoms with Crippen LogP contribution >= 0.6 is 0 Å². The van der Waals surface area contributed by atoms with E-state index < -0.39 is 205 Å². The predicted molar refractivity (Wildman–Crippen MR) is 218 cm³/mol. The molecule has 0 bridgehead atoms. The van der Waals surface area contributed by atoms with Crippen molar-refractivity contribution in [2.45, 2.75) is 60.9 Å². The van der Waals surface area contributed by atoms with Crippen LogP contribution < -0.4 is 26.4 Å². The highest BCUT2D eigenvalue weighted by Crippen LogP contribution is 2.41. The lowest BCUT2D eigenvalue weighted by atomic mass is 9.12. The number of hydrogen-bond acceptors (Lipinski definition) is 4. The van der Waals surface area contributed by atoms with Gasteiger partial charge in [0.05, 0.1) is 61.8 Å². The molecule has 6 rings (SSSR count). The fourth-order valence-corrected chi connectivity index (χ4v) is 8.30. The van der Waals surface area contributed by atoms with Crippen LogP contribution in [0.3, 0.4) is 0 Å². The Morgan fingerprint density at radius 1 is 0.408 bits per heavy atom. The molecule has 0 radical (unpaired) electrons. The van der Waals surface area contributed by atoms with E-state index in [0.29, 0.717) is 5.56 Å². The van der Waals surface area contributed by atoms with Gasteiger partial charge in [0.2, 0.25) is 12.3 Å². The predicted octanol–water partition coefficient (Wildman–Crippen LogP) is 11.9. The minimum absolute atomic E-state index is 0.0868. The molecule has 0 unspecified atom stereocenters. The third-order valence-electron chi connectivity index (χ3n) is 11.1. The molecule has 410 valence electrons. The average Bonchev–Trinajstić information content (AvgIpc) is 3.27. The van der Waals surface area contributed by atoms with E-state index in [4.69, 9.17) is 0 Å². The maximum absolute atomic E-state index is 14.2. The van der Waals surface area contributed by atoms with Crippen LogP contribution in [0.2, 0.25) is 0 Å². The number of hydrogen-bond donors (Lipinski definition) is 0. The number of aromatic nitrogens is 2. The summed E-state index contributed by atoms with van der Waals surface area (Å²) in [5, 5.41) is 0. The smallest absolute Gasteiger partial charge is 0.287 e. The summed E-state index contributed by atoms with van der Waals surface area (Å²) in [4.78, 5) is 16.1. The molecule has 0 N–H and O–H groups in total. The van der Waals surface area contributed by atoms with Crippen LogP contribution in [0.25, 0.3) is 0 Å². The molecule has 0 saturated carbocycles. The highest BCUT2D eigenvalue weighted by atomic mass is 32.2. The van der Waals surface area contributed by atoms with Gasteiger partial charge in [-0.15, -0.1) is 0 Å². The second kappa shape index (κ2) is 20.3. The van der Waals surface area contributed by atoms with Crippen molar-refractivity contribution in [2.75, 3.05) is 6.26 Å². The summed E-state index contributed by atoms with van der Waals surface area (Å²) in [6.07, 6.45) is -47.1. The van der Waals surface area contributed by atoms with E-state index in [1.807, 2.05) is 0 Å². The van der Waals surface area contributed by atoms with Gasteiger partial charge in [-0.3, -0.25) is 9.78 Å². The SMILES string of the molecule is CS(=O)(=O)c1ccc(C(=O)C[n+]2ccncc2)cc1.FC(F)(F)c1cc([B-](c2cc(C(F)(F)F)cc(C(F)(F)F)c2)(c2cc(C(F)(F)F)cc(C(F)(F)F)c2)c2cc(C(F)(F)F)cc(C(F)(F)F)c2)cc(C(F)(F)F)c1. The molecule has 5 aromatic carbocycles. The first kappa shape index (κ1) is 60.1. The number of carbonyl (C=O) groups is 1. The summed E-state index contributed by atoms with van der Waals surface area (Å²) in [7, 11) is -3.23. The summed E-state index contributed by atoms with van der Waals surface area (Å²) in [5.74, 6) is -0.0868. The number of halogens is 24. The van der Waals surface area contributed by atoms with E-state index in [0.717, 1.165) is 6.26 Å². The Morgan fingerprint density at radius 2 is 0.632 bits per heavy atom. The summed E-state index contributed by atoms with van der Waals surface area (Å²) in [5.41, 5.74) is -29.7. The second-order valence-electron chi connectivity index (χ2n) is 16.4. The van der Waals surface area contributed by atoms with Gasteiger partial charge in [0.1, 0.15) is 6.15 Å². The molecule has 1 aromatic heterocycles. The van der Waals surface area contributed by atoms with E-state index >= 15 is 0 Å². The monoisotopic (exact) mass is 1140 g/mol. The summed E-state index contributed by atoms with van der Waals surface area (Å²) < 4.78 is 365. The zero-order chi connectivity index (χ0) is 57.8. The van der Waals surface area contributed by atoms with Crippen LogP contribution in [0, 0.1) is 0 Å². The maximum Gasteiger partial charge on any atom is 0.416 e. The third kappa shape index (κ3) is 14.0. The lowest BCUT2D eigenvalue weighted by molar-refractivity contribution is -0.683. The molecule has 0 atom stereocenters. The Bertz CT molecular complexity index is 2770. The van der Waals surface area contributed by atoms with Gasteiger partial charge in [-0.2, -0.15) is 132 Å². The second-order valence-corrected chi connectivity index (χ2v) is 18.4. The first-order valence-corrected chi connectivity index (χ1v) is 22.1. The molecule has 0 spiro atoms. The molecular weight excluding hydrogens is 1120 g/mol. The van der Waals surface area contributed by atoms with Gasteiger partial charge in [0.15, 0.2) is 22.2 Å². The highest BCUT2D eigenvalue weighted by Gasteiger charge is 2.47. The molecule has 0 saturated heterocycles. The van der Waals surface area contributed by atoms with Gasteiger partial charge in [-0.05, 0) is 48.5 Å². The quantitative estimate of drug-likeness (QED) is 0.0659. The number of Topliss-reactive ketones (excluding diaryl/α,β-unsaturated/α-hetero) is 1. The maximum atomic E-state index is 14.2. The van der Waals surface area contributed by atoms with Gasteiger partial charge < -0.3 is 0 Å². The van der Waals surface area contributed by atoms with E-state index in [2.05, 4.69) is 4.98 Å². The Hall–Kier alpha value is -6.82. The van der Waals surface area contributed by atoms with Crippen molar-refractivity contribution in [2.24, 2.45) is 0 Å². The fourth-order valence-electron chi connectivity index (χ4n) is 7.67. The van der Waals surface area contributed by atoms with Crippen LogP contribution in [0.1, 0.15) is 54.9 Å². The fraction of sp³-hybridized carbons (Fsp3) is 0.222. The van der Waals surface area contributed by atoms with Crippen molar-refractivity contribution in [3.05, 3.63) is 172 Å². The van der Waals surface area contributed by atoms with Gasteiger partial charge >= 0.3 is 49.4 Å². The first-order valence-electron chi connectivity index (χ1n) is 20.2. The van der Waals surface area contributed by atoms with Crippen molar-refractivity contribution in [1.82, 2.24) is 4.98 Å². The lowest BCUT2D eigenvalue weighted by Gasteiger charge is -2.46. The Labute approximate surface area is 410 Å². The molecule has 0 aliphatic rings. The van der Waals surface area contributed by atoms with Crippen molar-refractivity contribution in [3.8, 4) is 0 Å². The van der Waals surface area contributed by atoms with Crippen molar-refractivity contribution < 1.29 is 123 Å². The molecule has 5 nitrogen and oxygen atoms in total. The van der Waals surface area contributed by atoms with Gasteiger partial charge in [-0.25, -0.2) is 8.42 Å². The van der Waals surface area contributed by atoms with E-state index in [1.54, 1.807) is 29.4 Å². The van der Waals surface area contributed by atoms with Crippen molar-refractivity contribution in [3.63, 3.8) is 0 Å². The minimum Gasteiger partial charge on any atom is -0.287 e. The summed E-state index contributed by atoms with van der Waals surface area (Å²) in [6.45, 7) is 0.195. The number of carbonyl (C=O) groups excluding carboxylic acids is 1. The van der Waals surface area contributed by atoms with Crippen LogP contribution in [-0.2, 0) is 65.8 Å². The minimum atomic E-state index is -6.13. The van der Waals surface area contributed by atoms with E-state index in [-0.39, 0.29) is 17.2 Å². The lowest BCUT2D eigenvalue weighted by Crippen LogP contribution is -2.75. The molecule has 0 aliphatic heterocycles. The zero-order valence-electron chi connectivity index (χ0n) is 36.9. The van der Waals surface area contributed by atoms with Crippen LogP contribution in [0.15, 0.2) is 127 Å². The normalized spacial score (nSPS) is 13.5. The average molecular weight is 1140 g/mol. The van der Waals surface area contributed by atoms with Crippen molar-refractivity contribution >= 4 is 43.6 Å². The number of sulfone groups is 1. The standard InChI is InChI=1S/C32H12BF24.C13H13N2O3S/c34-25(35,36)13-1-14(26(37,38)39)6-21(5-13)33(22-7-15(27(40,41)42)2-16(8-22)28(43,44)45,23-9-17(29(46,47)48)3-18(10-23)30(49,50)51)24-11-19(31(52,53)54)4-20(12-24)32(55,56)57;1-19(17,18)12-4-2-11(3-5-12)13(16)10-15-8-6-14-7-9-15/h1-12H;2-9H,10H2,1H3/q-1;+1. The topological polar surface area (TPSA) is 68.0 Å². The molecule has 0 aliphatic carbocycles. The summed E-state index contributed by atoms with van der Waals surface area (Å²) >= 11 is 0. The number of ketones is 1. The Balaban J connectivity index is 0.000000468. The summed E-state index contributed by atoms with van der Waals surface area (Å²) in [6, 6.07) is -2.87. The Kier molecular flexibility index (Phi) is 16.0. The third-order valence-corrected chi connectivity index (χ3v) is 12.2. The van der Waals surface area contributed by atoms with Crippen LogP contribution in [0.4, 0.5) is 105 Å². The molecule has 31 heteroatoms. The molecule has 1 heterocycles. The zero-order valence-corrected chi connectivity index (χ0v) is 37.7. The van der Waals surface area contributed by atoms with E-state index in [9.17, 15) is 119 Å². The molecule has 6 aromatic rings. The van der Waals surface area contributed by atoms with E-state index in [1.165, 1.54) is 24.3 Å². The number of alkyl halides is 24. The largest absolute Gasteiger partial charge is 0.416 e. The number of nitrogens with zero attached hydrogens (tertiary/aromatic N) is 2. The molecular formula is C45H25BF24N2O3S. The number of benzene rings is 5. The number of rotatable bonds is 8. The Morgan fingerprint density at radius 3 is 0.829 bits per heavy atom. The molecule has 76 heavy (non-hydrogen) atoms. The van der Waals surface area contributed by atoms with Crippen LogP contribution in [-0.4, -0.2) is 31.6 Å². The van der Waals surface area contributed by atoms with Crippen LogP contribution in [0.5, 0.6) is 0 Å². The van der Waals surface area contributed by atoms with Crippen molar-refractivity contribution in [1.29, 1.82) is 0 Å². The van der Waals surface area contributed by atoms with Gasteiger partial charge in [0.25, 0.3) is 0 Å². The first-order chi connectivity index (χ1) is 34.2.